The summed E-state index contributed by atoms with van der Waals surface area (Å²) in [6.45, 7) is 7.14. The lowest BCUT2D eigenvalue weighted by Gasteiger charge is -2.23. The number of hydrogen-bond acceptors (Lipinski definition) is 4. The highest BCUT2D eigenvalue weighted by Gasteiger charge is 2.21. The van der Waals surface area contributed by atoms with Crippen LogP contribution in [0.1, 0.15) is 24.3 Å². The van der Waals surface area contributed by atoms with E-state index in [9.17, 15) is 9.59 Å². The molecule has 0 radical (unpaired) electrons. The molecule has 1 atom stereocenters. The Morgan fingerprint density at radius 2 is 1.96 bits per heavy atom. The summed E-state index contributed by atoms with van der Waals surface area (Å²) in [4.78, 5) is 27.7. The van der Waals surface area contributed by atoms with Crippen LogP contribution in [0.3, 0.4) is 0 Å². The van der Waals surface area contributed by atoms with E-state index in [0.717, 1.165) is 11.3 Å². The van der Waals surface area contributed by atoms with E-state index < -0.39 is 0 Å². The average Bonchev–Trinajstić information content (AvgIpc) is 3.12. The number of nitrogens with zero attached hydrogens (tertiary/aromatic N) is 1. The smallest absolute Gasteiger partial charge is 0.235 e. The van der Waals surface area contributed by atoms with Crippen molar-refractivity contribution in [2.24, 2.45) is 0 Å². The summed E-state index contributed by atoms with van der Waals surface area (Å²) < 4.78 is 0. The molecule has 0 spiro atoms. The van der Waals surface area contributed by atoms with Gasteiger partial charge in [-0.15, -0.1) is 23.1 Å². The van der Waals surface area contributed by atoms with Gasteiger partial charge in [0.1, 0.15) is 0 Å². The van der Waals surface area contributed by atoms with Gasteiger partial charge in [-0.25, -0.2) is 0 Å². The van der Waals surface area contributed by atoms with Gasteiger partial charge in [0.15, 0.2) is 0 Å². The normalized spacial score (nSPS) is 11.8. The second-order valence-electron chi connectivity index (χ2n) is 5.80. The van der Waals surface area contributed by atoms with E-state index in [4.69, 9.17) is 0 Å². The molecule has 0 aliphatic heterocycles. The Bertz CT molecular complexity index is 684. The number of thiophene rings is 1. The second-order valence-corrected chi connectivity index (χ2v) is 8.16. The molecule has 0 aliphatic carbocycles. The molecule has 2 aromatic rings. The largest absolute Gasteiger partial charge is 0.337 e. The Balaban J connectivity index is 1.81. The predicted octanol–water partition coefficient (Wildman–Crippen LogP) is 4.17. The molecule has 6 heteroatoms. The molecule has 0 fully saturated rings. The van der Waals surface area contributed by atoms with E-state index in [-0.39, 0.29) is 22.8 Å². The summed E-state index contributed by atoms with van der Waals surface area (Å²) in [7, 11) is 0. The lowest BCUT2D eigenvalue weighted by Crippen LogP contribution is -2.36. The number of rotatable bonds is 8. The first kappa shape index (κ1) is 19.5. The highest BCUT2D eigenvalue weighted by molar-refractivity contribution is 8.01. The first-order valence-corrected chi connectivity index (χ1v) is 10.2. The maximum atomic E-state index is 12.6. The molecule has 1 N–H and O–H groups in total. The van der Waals surface area contributed by atoms with E-state index in [1.54, 1.807) is 11.3 Å². The molecule has 0 aliphatic rings. The molecule has 1 unspecified atom stereocenters. The molecule has 0 saturated heterocycles. The van der Waals surface area contributed by atoms with Crippen molar-refractivity contribution in [3.63, 3.8) is 0 Å². The van der Waals surface area contributed by atoms with Gasteiger partial charge < -0.3 is 10.2 Å². The number of carbonyl (C=O) groups excluding carboxylic acids is 2. The van der Waals surface area contributed by atoms with Gasteiger partial charge in [0.05, 0.1) is 17.5 Å². The molecule has 4 nitrogen and oxygen atoms in total. The zero-order valence-corrected chi connectivity index (χ0v) is 16.5. The van der Waals surface area contributed by atoms with Crippen LogP contribution in [-0.4, -0.2) is 34.3 Å². The fourth-order valence-corrected chi connectivity index (χ4v) is 3.78. The number of carbonyl (C=O) groups is 2. The number of nitrogens with one attached hydrogen (secondary N) is 1. The summed E-state index contributed by atoms with van der Waals surface area (Å²) in [6.07, 6.45) is 0. The zero-order valence-electron chi connectivity index (χ0n) is 14.8. The van der Waals surface area contributed by atoms with E-state index in [2.05, 4.69) is 5.32 Å². The van der Waals surface area contributed by atoms with Gasteiger partial charge in [-0.2, -0.15) is 0 Å². The van der Waals surface area contributed by atoms with Gasteiger partial charge >= 0.3 is 0 Å². The Hall–Kier alpha value is -1.79. The molecule has 134 valence electrons. The van der Waals surface area contributed by atoms with Crippen LogP contribution in [0.2, 0.25) is 0 Å². The van der Waals surface area contributed by atoms with E-state index in [1.165, 1.54) is 16.6 Å². The first-order valence-electron chi connectivity index (χ1n) is 8.29. The Kier molecular flexibility index (Phi) is 7.52. The molecule has 25 heavy (non-hydrogen) atoms. The van der Waals surface area contributed by atoms with E-state index >= 15 is 0 Å². The van der Waals surface area contributed by atoms with Gasteiger partial charge in [0, 0.05) is 17.1 Å². The first-order chi connectivity index (χ1) is 12.0. The maximum Gasteiger partial charge on any atom is 0.235 e. The van der Waals surface area contributed by atoms with Crippen molar-refractivity contribution in [2.45, 2.75) is 32.6 Å². The summed E-state index contributed by atoms with van der Waals surface area (Å²) in [5.41, 5.74) is 1.93. The molecular formula is C19H24N2O2S2. The highest BCUT2D eigenvalue weighted by Crippen LogP contribution is 2.18. The average molecular weight is 377 g/mol. The minimum atomic E-state index is -0.247. The van der Waals surface area contributed by atoms with Gasteiger partial charge in [0.25, 0.3) is 0 Å². The number of amides is 2. The van der Waals surface area contributed by atoms with Crippen molar-refractivity contribution in [3.05, 3.63) is 52.2 Å². The van der Waals surface area contributed by atoms with Gasteiger partial charge in [0.2, 0.25) is 11.8 Å². The van der Waals surface area contributed by atoms with Crippen molar-refractivity contribution >= 4 is 40.6 Å². The monoisotopic (exact) mass is 376 g/mol. The Labute approximate surface area is 157 Å². The number of benzene rings is 1. The summed E-state index contributed by atoms with van der Waals surface area (Å²) in [5, 5.41) is 4.63. The number of hydrogen-bond donors (Lipinski definition) is 1. The standard InChI is InChI=1S/C19H24N2O2S2/c1-4-21(12-17-6-5-11-24-17)19(23)15(3)25-13-18(22)20-16-9-7-14(2)8-10-16/h5-11,15H,4,12-13H2,1-3H3,(H,20,22). The molecule has 2 amide bonds. The third-order valence-electron chi connectivity index (χ3n) is 3.77. The maximum absolute atomic E-state index is 12.6. The zero-order chi connectivity index (χ0) is 18.2. The lowest BCUT2D eigenvalue weighted by atomic mass is 10.2. The van der Waals surface area contributed by atoms with Crippen molar-refractivity contribution < 1.29 is 9.59 Å². The second kappa shape index (κ2) is 9.63. The minimum absolute atomic E-state index is 0.0732. The lowest BCUT2D eigenvalue weighted by molar-refractivity contribution is -0.130. The van der Waals surface area contributed by atoms with Crippen LogP contribution in [0.5, 0.6) is 0 Å². The van der Waals surface area contributed by atoms with Crippen LogP contribution >= 0.6 is 23.1 Å². The fraction of sp³-hybridized carbons (Fsp3) is 0.368. The SMILES string of the molecule is CCN(Cc1cccs1)C(=O)C(C)SCC(=O)Nc1ccc(C)cc1. The topological polar surface area (TPSA) is 49.4 Å². The number of anilines is 1. The van der Waals surface area contributed by atoms with E-state index in [0.29, 0.717) is 13.1 Å². The number of aryl methyl sites for hydroxylation is 1. The minimum Gasteiger partial charge on any atom is -0.337 e. The van der Waals surface area contributed by atoms with Crippen molar-refractivity contribution in [2.75, 3.05) is 17.6 Å². The molecule has 1 heterocycles. The third-order valence-corrected chi connectivity index (χ3v) is 5.76. The van der Waals surface area contributed by atoms with Crippen molar-refractivity contribution in [3.8, 4) is 0 Å². The quantitative estimate of drug-likeness (QED) is 0.752. The summed E-state index contributed by atoms with van der Waals surface area (Å²) in [5.74, 6) is 0.246. The Morgan fingerprint density at radius 3 is 2.56 bits per heavy atom. The third kappa shape index (κ3) is 6.21. The van der Waals surface area contributed by atoms with Crippen LogP contribution in [-0.2, 0) is 16.1 Å². The molecule has 1 aromatic carbocycles. The highest BCUT2D eigenvalue weighted by atomic mass is 32.2. The van der Waals surface area contributed by atoms with Gasteiger partial charge in [-0.05, 0) is 44.4 Å². The van der Waals surface area contributed by atoms with Crippen LogP contribution in [0.15, 0.2) is 41.8 Å². The van der Waals surface area contributed by atoms with Crippen LogP contribution in [0.4, 0.5) is 5.69 Å². The van der Waals surface area contributed by atoms with E-state index in [1.807, 2.05) is 67.4 Å². The molecule has 0 bridgehead atoms. The fourth-order valence-electron chi connectivity index (χ4n) is 2.30. The molecule has 2 rings (SSSR count). The van der Waals surface area contributed by atoms with Crippen molar-refractivity contribution in [1.29, 1.82) is 0 Å². The van der Waals surface area contributed by atoms with Crippen LogP contribution < -0.4 is 5.32 Å². The predicted molar refractivity (Wildman–Crippen MR) is 107 cm³/mol. The molecule has 1 aromatic heterocycles. The van der Waals surface area contributed by atoms with Gasteiger partial charge in [-0.1, -0.05) is 23.8 Å². The summed E-state index contributed by atoms with van der Waals surface area (Å²) >= 11 is 3.02. The van der Waals surface area contributed by atoms with Crippen LogP contribution in [0, 0.1) is 6.92 Å². The van der Waals surface area contributed by atoms with Crippen molar-refractivity contribution in [1.82, 2.24) is 4.90 Å². The van der Waals surface area contributed by atoms with Crippen LogP contribution in [0.25, 0.3) is 0 Å². The molecule has 0 saturated carbocycles. The summed E-state index contributed by atoms with van der Waals surface area (Å²) in [6, 6.07) is 11.7. The Morgan fingerprint density at radius 1 is 1.24 bits per heavy atom. The van der Waals surface area contributed by atoms with Gasteiger partial charge in [-0.3, -0.25) is 9.59 Å². The molecular weight excluding hydrogens is 352 g/mol. The number of thioether (sulfide) groups is 1.